The van der Waals surface area contributed by atoms with E-state index in [0.29, 0.717) is 19.4 Å². The normalized spacial score (nSPS) is 19.8. The fraction of sp³-hybridized carbons (Fsp3) is 0.429. The summed E-state index contributed by atoms with van der Waals surface area (Å²) in [4.78, 5) is 25.2. The van der Waals surface area contributed by atoms with Crippen LogP contribution in [0.2, 0.25) is 0 Å². The lowest BCUT2D eigenvalue weighted by atomic mass is 9.97. The Bertz CT molecular complexity index is 1440. The standard InChI is InChI=1S/C35H42N2O8/c1-42-31-16-27-14-15-37(20-28(27)17-32(31)43-2)21-29-18-30(25-10-8-24(22-38)9-11-25)45-35(44-29)26-12-6-23(7-13-26)19-36-33(39)4-3-5-34(40)41/h6-13,16-17,29-30,35,38H,3-5,14-15,18-22H2,1-2H3,(H,36,39)(H,40,41)/t29-,30+,35+/m1/s1. The quantitative estimate of drug-likeness (QED) is 0.251. The Labute approximate surface area is 263 Å². The summed E-state index contributed by atoms with van der Waals surface area (Å²) in [6.07, 6.45) is 1.22. The Morgan fingerprint density at radius 3 is 2.24 bits per heavy atom. The second-order valence-electron chi connectivity index (χ2n) is 11.6. The number of nitrogens with one attached hydrogen (secondary N) is 1. The van der Waals surface area contributed by atoms with Crippen molar-refractivity contribution in [1.82, 2.24) is 10.2 Å². The van der Waals surface area contributed by atoms with Gasteiger partial charge in [0.1, 0.15) is 0 Å². The van der Waals surface area contributed by atoms with Gasteiger partial charge in [0.15, 0.2) is 17.8 Å². The molecule has 0 aromatic heterocycles. The predicted molar refractivity (Wildman–Crippen MR) is 167 cm³/mol. The number of aliphatic hydroxyl groups excluding tert-OH is 1. The third-order valence-electron chi connectivity index (χ3n) is 8.41. The maximum atomic E-state index is 12.1. The molecular formula is C35H42N2O8. The fourth-order valence-corrected chi connectivity index (χ4v) is 5.90. The predicted octanol–water partition coefficient (Wildman–Crippen LogP) is 4.67. The van der Waals surface area contributed by atoms with Gasteiger partial charge in [0.2, 0.25) is 5.91 Å². The maximum absolute atomic E-state index is 12.1. The Hall–Kier alpha value is -3.96. The molecule has 10 heteroatoms. The third-order valence-corrected chi connectivity index (χ3v) is 8.41. The first kappa shape index (κ1) is 32.4. The van der Waals surface area contributed by atoms with E-state index < -0.39 is 12.3 Å². The van der Waals surface area contributed by atoms with Gasteiger partial charge in [-0.2, -0.15) is 0 Å². The minimum atomic E-state index is -0.903. The molecule has 3 N–H and O–H groups in total. The smallest absolute Gasteiger partial charge is 0.303 e. The number of carbonyl (C=O) groups excluding carboxylic acids is 1. The Morgan fingerprint density at radius 2 is 1.58 bits per heavy atom. The fourth-order valence-electron chi connectivity index (χ4n) is 5.90. The van der Waals surface area contributed by atoms with Gasteiger partial charge >= 0.3 is 5.97 Å². The lowest BCUT2D eigenvalue weighted by Gasteiger charge is -2.39. The van der Waals surface area contributed by atoms with Crippen molar-refractivity contribution in [1.29, 1.82) is 0 Å². The topological polar surface area (TPSA) is 127 Å². The summed E-state index contributed by atoms with van der Waals surface area (Å²) in [7, 11) is 3.31. The molecule has 2 aliphatic rings. The monoisotopic (exact) mass is 618 g/mol. The first-order valence-electron chi connectivity index (χ1n) is 15.4. The lowest BCUT2D eigenvalue weighted by molar-refractivity contribution is -0.253. The summed E-state index contributed by atoms with van der Waals surface area (Å²) in [5, 5.41) is 21.1. The number of carbonyl (C=O) groups is 2. The van der Waals surface area contributed by atoms with Crippen molar-refractivity contribution in [3.8, 4) is 11.5 Å². The highest BCUT2D eigenvalue weighted by Gasteiger charge is 2.34. The number of nitrogens with zero attached hydrogens (tertiary/aromatic N) is 1. The van der Waals surface area contributed by atoms with Gasteiger partial charge in [-0.15, -0.1) is 0 Å². The van der Waals surface area contributed by atoms with Crippen molar-refractivity contribution in [3.05, 3.63) is 94.0 Å². The van der Waals surface area contributed by atoms with Gasteiger partial charge in [-0.25, -0.2) is 0 Å². The number of fused-ring (bicyclic) bond motifs is 1. The Balaban J connectivity index is 1.27. The summed E-state index contributed by atoms with van der Waals surface area (Å²) in [6, 6.07) is 19.8. The van der Waals surface area contributed by atoms with E-state index >= 15 is 0 Å². The van der Waals surface area contributed by atoms with Crippen LogP contribution >= 0.6 is 0 Å². The number of rotatable bonds is 13. The van der Waals surface area contributed by atoms with Crippen LogP contribution in [0.5, 0.6) is 11.5 Å². The average Bonchev–Trinajstić information content (AvgIpc) is 3.06. The molecule has 2 aliphatic heterocycles. The number of benzene rings is 3. The van der Waals surface area contributed by atoms with Crippen molar-refractivity contribution in [2.75, 3.05) is 27.3 Å². The molecule has 0 bridgehead atoms. The van der Waals surface area contributed by atoms with Crippen LogP contribution < -0.4 is 14.8 Å². The van der Waals surface area contributed by atoms with Gasteiger partial charge in [0.25, 0.3) is 0 Å². The second-order valence-corrected chi connectivity index (χ2v) is 11.6. The van der Waals surface area contributed by atoms with Gasteiger partial charge in [-0.3, -0.25) is 14.5 Å². The minimum absolute atomic E-state index is 0.0115. The number of hydrogen-bond acceptors (Lipinski definition) is 8. The number of aliphatic carboxylic acids is 1. The highest BCUT2D eigenvalue weighted by Crippen LogP contribution is 2.39. The van der Waals surface area contributed by atoms with Gasteiger partial charge in [-0.05, 0) is 52.8 Å². The minimum Gasteiger partial charge on any atom is -0.493 e. The van der Waals surface area contributed by atoms with Crippen LogP contribution in [0.15, 0.2) is 60.7 Å². The highest BCUT2D eigenvalue weighted by atomic mass is 16.7. The molecule has 1 saturated heterocycles. The van der Waals surface area contributed by atoms with E-state index in [0.717, 1.165) is 59.8 Å². The van der Waals surface area contributed by atoms with Crippen molar-refractivity contribution < 1.29 is 38.7 Å². The number of carboxylic acid groups (broad SMARTS) is 1. The van der Waals surface area contributed by atoms with Crippen molar-refractivity contribution >= 4 is 11.9 Å². The summed E-state index contributed by atoms with van der Waals surface area (Å²) >= 11 is 0. The van der Waals surface area contributed by atoms with Crippen molar-refractivity contribution in [3.63, 3.8) is 0 Å². The summed E-state index contributed by atoms with van der Waals surface area (Å²) in [6.45, 7) is 2.77. The van der Waals surface area contributed by atoms with E-state index in [1.807, 2.05) is 48.5 Å². The van der Waals surface area contributed by atoms with Gasteiger partial charge < -0.3 is 34.5 Å². The molecule has 240 valence electrons. The largest absolute Gasteiger partial charge is 0.493 e. The first-order chi connectivity index (χ1) is 21.8. The van der Waals surface area contributed by atoms with Crippen LogP contribution in [0, 0.1) is 0 Å². The van der Waals surface area contributed by atoms with Crippen LogP contribution in [0.3, 0.4) is 0 Å². The number of amides is 1. The molecule has 0 saturated carbocycles. The molecule has 1 amide bonds. The van der Waals surface area contributed by atoms with Crippen molar-refractivity contribution in [2.24, 2.45) is 0 Å². The second kappa shape index (κ2) is 15.4. The SMILES string of the molecule is COc1cc2c(cc1OC)CN(C[C@H]1C[C@@H](c3ccc(CO)cc3)O[C@@H](c3ccc(CNC(=O)CCCC(=O)O)cc3)O1)CC2. The molecule has 3 aromatic carbocycles. The molecule has 0 spiro atoms. The number of ether oxygens (including phenoxy) is 4. The van der Waals surface area contributed by atoms with Gasteiger partial charge in [-0.1, -0.05) is 48.5 Å². The first-order valence-corrected chi connectivity index (χ1v) is 15.4. The number of aliphatic hydroxyl groups is 1. The van der Waals surface area contributed by atoms with E-state index in [1.54, 1.807) is 14.2 Å². The molecule has 3 atom stereocenters. The van der Waals surface area contributed by atoms with E-state index in [1.165, 1.54) is 11.1 Å². The Kier molecular flexibility index (Phi) is 11.1. The maximum Gasteiger partial charge on any atom is 0.303 e. The van der Waals surface area contributed by atoms with Gasteiger partial charge in [0, 0.05) is 51.0 Å². The van der Waals surface area contributed by atoms with Gasteiger partial charge in [0.05, 0.1) is 33.0 Å². The Morgan fingerprint density at radius 1 is 0.911 bits per heavy atom. The molecule has 0 unspecified atom stereocenters. The van der Waals surface area contributed by atoms with Crippen LogP contribution in [0.4, 0.5) is 0 Å². The van der Waals surface area contributed by atoms with Crippen LogP contribution in [-0.2, 0) is 45.2 Å². The summed E-state index contributed by atoms with van der Waals surface area (Å²) in [5.41, 5.74) is 6.19. The van der Waals surface area contributed by atoms with Crippen LogP contribution in [0.25, 0.3) is 0 Å². The lowest BCUT2D eigenvalue weighted by Crippen LogP contribution is -2.41. The summed E-state index contributed by atoms with van der Waals surface area (Å²) < 4.78 is 24.1. The zero-order valence-electron chi connectivity index (χ0n) is 25.9. The molecule has 1 fully saturated rings. The van der Waals surface area contributed by atoms with E-state index in [9.17, 15) is 14.7 Å². The number of carboxylic acids is 1. The average molecular weight is 619 g/mol. The number of methoxy groups -OCH3 is 2. The molecule has 3 aromatic rings. The zero-order chi connectivity index (χ0) is 31.8. The summed E-state index contributed by atoms with van der Waals surface area (Å²) in [5.74, 6) is 0.405. The zero-order valence-corrected chi connectivity index (χ0v) is 25.9. The molecule has 0 aliphatic carbocycles. The number of hydrogen-bond donors (Lipinski definition) is 3. The van der Waals surface area contributed by atoms with Crippen LogP contribution in [0.1, 0.15) is 71.5 Å². The highest BCUT2D eigenvalue weighted by molar-refractivity contribution is 5.76. The van der Waals surface area contributed by atoms with E-state index in [-0.39, 0.29) is 37.6 Å². The van der Waals surface area contributed by atoms with Crippen LogP contribution in [-0.4, -0.2) is 60.4 Å². The molecule has 5 rings (SSSR count). The molecule has 45 heavy (non-hydrogen) atoms. The third kappa shape index (κ3) is 8.61. The van der Waals surface area contributed by atoms with E-state index in [4.69, 9.17) is 24.1 Å². The van der Waals surface area contributed by atoms with Crippen molar-refractivity contribution in [2.45, 2.75) is 70.3 Å². The van der Waals surface area contributed by atoms with E-state index in [2.05, 4.69) is 22.3 Å². The molecule has 0 radical (unpaired) electrons. The molecule has 10 nitrogen and oxygen atoms in total. The molecule has 2 heterocycles. The molecular weight excluding hydrogens is 576 g/mol.